The number of benzene rings is 3. The van der Waals surface area contributed by atoms with Crippen molar-refractivity contribution in [3.05, 3.63) is 53.3 Å². The largest absolute Gasteiger partial charge is 0.508 e. The summed E-state index contributed by atoms with van der Waals surface area (Å²) in [6.45, 7) is 5.91. The minimum absolute atomic E-state index is 0.00683. The highest BCUT2D eigenvalue weighted by molar-refractivity contribution is 6.35. The van der Waals surface area contributed by atoms with Gasteiger partial charge in [0.05, 0.1) is 24.8 Å². The summed E-state index contributed by atoms with van der Waals surface area (Å²) in [5.74, 6) is -1.47. The molecule has 3 aliphatic heterocycles. The lowest BCUT2D eigenvalue weighted by Crippen LogP contribution is -2.63. The summed E-state index contributed by atoms with van der Waals surface area (Å²) in [5.41, 5.74) is -0.822. The third kappa shape index (κ3) is 6.09. The average molecular weight is 694 g/mol. The molecule has 2 bridgehead atoms. The first-order valence-corrected chi connectivity index (χ1v) is 16.7. The number of fused-ring (bicyclic) bond motifs is 4. The summed E-state index contributed by atoms with van der Waals surface area (Å²) >= 11 is 6.85. The van der Waals surface area contributed by atoms with Crippen molar-refractivity contribution < 1.29 is 38.4 Å². The van der Waals surface area contributed by atoms with E-state index in [0.29, 0.717) is 66.6 Å². The van der Waals surface area contributed by atoms with E-state index in [2.05, 4.69) is 15.2 Å². The third-order valence-electron chi connectivity index (χ3n) is 9.85. The van der Waals surface area contributed by atoms with Crippen LogP contribution in [0.3, 0.4) is 0 Å². The Balaban J connectivity index is 1.31. The van der Waals surface area contributed by atoms with Crippen LogP contribution < -0.4 is 15.0 Å². The number of hydrogen-bond acceptors (Lipinski definition) is 11. The number of morpholine rings is 1. The van der Waals surface area contributed by atoms with Crippen LogP contribution in [0.4, 0.5) is 10.2 Å². The van der Waals surface area contributed by atoms with E-state index in [1.807, 2.05) is 43.0 Å². The van der Waals surface area contributed by atoms with Crippen LogP contribution in [0.15, 0.2) is 42.5 Å². The number of nitrogens with zero attached hydrogens (tertiary/aromatic N) is 4. The lowest BCUT2D eigenvalue weighted by atomic mass is 9.95. The molecule has 14 heteroatoms. The summed E-state index contributed by atoms with van der Waals surface area (Å²) in [4.78, 5) is 37.0. The first-order chi connectivity index (χ1) is 23.6. The number of carbonyl (C=O) groups excluding carboxylic acids is 1. The SMILES string of the molecule is C[C@H]1COC[C@H](C)N1C(CCOc1nc(N2CC3CCC(C(=O)O)(C2)N3)c2cc(Cl)c(-c3cc(O)cc4ccccc34)c(F)c2n1)OC=O. The number of ether oxygens (including phenoxy) is 3. The fourth-order valence-corrected chi connectivity index (χ4v) is 7.97. The lowest BCUT2D eigenvalue weighted by molar-refractivity contribution is -0.164. The fraction of sp³-hybridized carbons (Fsp3) is 0.429. The van der Waals surface area contributed by atoms with Crippen LogP contribution in [-0.4, -0.2) is 100 Å². The van der Waals surface area contributed by atoms with E-state index in [1.165, 1.54) is 6.07 Å². The first-order valence-electron chi connectivity index (χ1n) is 16.3. The van der Waals surface area contributed by atoms with Crippen molar-refractivity contribution in [2.24, 2.45) is 0 Å². The minimum atomic E-state index is -1.19. The van der Waals surface area contributed by atoms with Crippen molar-refractivity contribution in [1.29, 1.82) is 0 Å². The molecule has 3 fully saturated rings. The highest BCUT2D eigenvalue weighted by Crippen LogP contribution is 2.43. The Morgan fingerprint density at radius 2 is 1.98 bits per heavy atom. The van der Waals surface area contributed by atoms with Crippen LogP contribution in [0.5, 0.6) is 11.8 Å². The molecule has 0 saturated carbocycles. The molecule has 49 heavy (non-hydrogen) atoms. The van der Waals surface area contributed by atoms with Crippen molar-refractivity contribution in [3.63, 3.8) is 0 Å². The zero-order valence-corrected chi connectivity index (χ0v) is 27.8. The molecule has 7 rings (SSSR count). The number of carboxylic acid groups (broad SMARTS) is 1. The minimum Gasteiger partial charge on any atom is -0.508 e. The third-order valence-corrected chi connectivity index (χ3v) is 10.1. The van der Waals surface area contributed by atoms with Gasteiger partial charge in [-0.15, -0.1) is 0 Å². The molecule has 12 nitrogen and oxygen atoms in total. The van der Waals surface area contributed by atoms with Gasteiger partial charge < -0.3 is 29.3 Å². The quantitative estimate of drug-likeness (QED) is 0.198. The molecule has 3 unspecified atom stereocenters. The van der Waals surface area contributed by atoms with Crippen LogP contribution in [0, 0.1) is 5.82 Å². The number of aromatic nitrogens is 2. The Bertz CT molecular complexity index is 1920. The Kier molecular flexibility index (Phi) is 8.94. The van der Waals surface area contributed by atoms with Crippen LogP contribution >= 0.6 is 11.6 Å². The van der Waals surface area contributed by atoms with Crippen LogP contribution in [-0.2, 0) is 19.1 Å². The van der Waals surface area contributed by atoms with Crippen molar-refractivity contribution in [1.82, 2.24) is 20.2 Å². The predicted molar refractivity (Wildman–Crippen MR) is 180 cm³/mol. The molecule has 0 spiro atoms. The molecule has 3 saturated heterocycles. The molecule has 3 N–H and O–H groups in total. The maximum atomic E-state index is 16.9. The number of rotatable bonds is 10. The molecule has 3 aliphatic rings. The Labute approximate surface area is 286 Å². The summed E-state index contributed by atoms with van der Waals surface area (Å²) in [7, 11) is 0. The normalized spacial score (nSPS) is 24.7. The van der Waals surface area contributed by atoms with Gasteiger partial charge in [-0.3, -0.25) is 19.8 Å². The standard InChI is InChI=1S/C35H37ClFN5O7/c1-19-15-47-16-20(2)42(19)28(49-18-43)8-10-48-34-38-31-26(32(39-34)41-14-22-7-9-35(17-41,40-22)33(45)46)13-27(36)29(30(31)37)25-12-23(44)11-21-5-3-4-6-24(21)25/h3-6,11-13,18-20,22,28,40,44H,7-10,14-17H2,1-2H3,(H,45,46)/t19-,20-,22?,28?,35?/m0/s1. The van der Waals surface area contributed by atoms with E-state index in [4.69, 9.17) is 30.8 Å². The number of piperazine rings is 1. The van der Waals surface area contributed by atoms with Gasteiger partial charge in [0.15, 0.2) is 12.0 Å². The number of anilines is 1. The van der Waals surface area contributed by atoms with Crippen LogP contribution in [0.25, 0.3) is 32.8 Å². The van der Waals surface area contributed by atoms with E-state index in [-0.39, 0.29) is 65.6 Å². The van der Waals surface area contributed by atoms with E-state index < -0.39 is 23.6 Å². The highest BCUT2D eigenvalue weighted by atomic mass is 35.5. The molecule has 4 aromatic rings. The molecule has 4 heterocycles. The molecule has 5 atom stereocenters. The van der Waals surface area contributed by atoms with Gasteiger partial charge in [-0.2, -0.15) is 9.97 Å². The number of phenols is 1. The van der Waals surface area contributed by atoms with E-state index in [9.17, 15) is 19.8 Å². The molecule has 0 aliphatic carbocycles. The monoisotopic (exact) mass is 693 g/mol. The van der Waals surface area contributed by atoms with Gasteiger partial charge >= 0.3 is 12.0 Å². The molecule has 0 amide bonds. The Morgan fingerprint density at radius 1 is 1.20 bits per heavy atom. The van der Waals surface area contributed by atoms with Crippen molar-refractivity contribution in [2.75, 3.05) is 37.8 Å². The number of carbonyl (C=O) groups is 2. The Hall–Kier alpha value is -4.30. The zero-order chi connectivity index (χ0) is 34.4. The van der Waals surface area contributed by atoms with Crippen molar-refractivity contribution in [3.8, 4) is 22.9 Å². The van der Waals surface area contributed by atoms with Crippen molar-refractivity contribution >= 4 is 51.5 Å². The fourth-order valence-electron chi connectivity index (χ4n) is 7.67. The van der Waals surface area contributed by atoms with Crippen LogP contribution in [0.1, 0.15) is 33.1 Å². The van der Waals surface area contributed by atoms with E-state index >= 15 is 4.39 Å². The highest BCUT2D eigenvalue weighted by Gasteiger charge is 2.50. The van der Waals surface area contributed by atoms with E-state index in [1.54, 1.807) is 12.1 Å². The second-order valence-electron chi connectivity index (χ2n) is 13.1. The summed E-state index contributed by atoms with van der Waals surface area (Å²) in [6.07, 6.45) is 0.767. The molecule has 1 aromatic heterocycles. The number of hydrogen-bond donors (Lipinski definition) is 3. The summed E-state index contributed by atoms with van der Waals surface area (Å²) < 4.78 is 34.1. The number of nitrogens with one attached hydrogen (secondary N) is 1. The summed E-state index contributed by atoms with van der Waals surface area (Å²) in [5, 5.41) is 25.7. The maximum Gasteiger partial charge on any atom is 0.325 e. The average Bonchev–Trinajstić information content (AvgIpc) is 3.39. The first kappa shape index (κ1) is 33.2. The van der Waals surface area contributed by atoms with Crippen molar-refractivity contribution in [2.45, 2.75) is 63.0 Å². The molecule has 3 aromatic carbocycles. The van der Waals surface area contributed by atoms with Gasteiger partial charge in [0.1, 0.15) is 22.6 Å². The lowest BCUT2D eigenvalue weighted by Gasteiger charge is -2.42. The van der Waals surface area contributed by atoms with Crippen LogP contribution in [0.2, 0.25) is 5.02 Å². The Morgan fingerprint density at radius 3 is 2.73 bits per heavy atom. The second-order valence-corrected chi connectivity index (χ2v) is 13.5. The molecular weight excluding hydrogens is 657 g/mol. The summed E-state index contributed by atoms with van der Waals surface area (Å²) in [6, 6.07) is 11.7. The number of carboxylic acids is 1. The zero-order valence-electron chi connectivity index (χ0n) is 27.1. The molecule has 258 valence electrons. The van der Waals surface area contributed by atoms with Gasteiger partial charge in [0, 0.05) is 48.6 Å². The van der Waals surface area contributed by atoms with Gasteiger partial charge in [-0.1, -0.05) is 35.9 Å². The molecular formula is C35H37ClFN5O7. The van der Waals surface area contributed by atoms with Gasteiger partial charge in [-0.25, -0.2) is 4.39 Å². The number of aromatic hydroxyl groups is 1. The topological polar surface area (TPSA) is 147 Å². The number of phenolic OH excluding ortho intramolecular Hbond substituents is 1. The van der Waals surface area contributed by atoms with E-state index in [0.717, 1.165) is 0 Å². The maximum absolute atomic E-state index is 16.9. The number of aliphatic carboxylic acids is 1. The molecule has 0 radical (unpaired) electrons. The van der Waals surface area contributed by atoms with Gasteiger partial charge in [-0.05, 0) is 61.2 Å². The second kappa shape index (κ2) is 13.2. The smallest absolute Gasteiger partial charge is 0.325 e. The number of halogens is 2. The van der Waals surface area contributed by atoms with Gasteiger partial charge in [0.2, 0.25) is 0 Å². The predicted octanol–water partition coefficient (Wildman–Crippen LogP) is 4.72. The van der Waals surface area contributed by atoms with Gasteiger partial charge in [0.25, 0.3) is 6.47 Å².